The first-order chi connectivity index (χ1) is 11.0. The summed E-state index contributed by atoms with van der Waals surface area (Å²) in [4.78, 5) is 12.5. The molecule has 0 fully saturated rings. The van der Waals surface area contributed by atoms with Gasteiger partial charge in [-0.1, -0.05) is 12.1 Å². The highest BCUT2D eigenvalue weighted by Crippen LogP contribution is 2.32. The van der Waals surface area contributed by atoms with Crippen LogP contribution in [0.5, 0.6) is 5.75 Å². The van der Waals surface area contributed by atoms with E-state index in [9.17, 15) is 9.90 Å². The highest BCUT2D eigenvalue weighted by atomic mass is 32.1. The lowest BCUT2D eigenvalue weighted by molar-refractivity contribution is 0.162. The lowest BCUT2D eigenvalue weighted by atomic mass is 10.0. The van der Waals surface area contributed by atoms with Crippen LogP contribution in [-0.4, -0.2) is 18.3 Å². The molecule has 23 heavy (non-hydrogen) atoms. The number of phenols is 1. The minimum absolute atomic E-state index is 0.00662. The Morgan fingerprint density at radius 2 is 1.74 bits per heavy atom. The molecule has 3 rings (SSSR count). The Balaban J connectivity index is 0.000000338. The van der Waals surface area contributed by atoms with Gasteiger partial charge in [0.15, 0.2) is 5.43 Å². The molecular weight excluding hydrogens is 308 g/mol. The Bertz CT molecular complexity index is 879. The van der Waals surface area contributed by atoms with Gasteiger partial charge in [0.2, 0.25) is 0 Å². The number of hydrogen-bond acceptors (Lipinski definition) is 4. The fourth-order valence-electron chi connectivity index (χ4n) is 2.50. The predicted octanol–water partition coefficient (Wildman–Crippen LogP) is 4.78. The third kappa shape index (κ3) is 3.54. The van der Waals surface area contributed by atoms with E-state index in [1.54, 1.807) is 18.3 Å². The molecule has 1 aromatic heterocycles. The number of aromatic hydroxyl groups is 1. The highest BCUT2D eigenvalue weighted by Gasteiger charge is 2.12. The summed E-state index contributed by atoms with van der Waals surface area (Å²) in [5.41, 5.74) is 1.50. The zero-order chi connectivity index (χ0) is 17.0. The summed E-state index contributed by atoms with van der Waals surface area (Å²) in [6.45, 7) is 9.32. The summed E-state index contributed by atoms with van der Waals surface area (Å²) < 4.78 is 6.76. The van der Waals surface area contributed by atoms with Crippen LogP contribution in [0.4, 0.5) is 0 Å². The molecule has 2 aromatic carbocycles. The molecule has 1 heterocycles. The molecule has 0 amide bonds. The number of phenolic OH excluding ortho intramolecular Hbond substituents is 1. The first kappa shape index (κ1) is 17.4. The van der Waals surface area contributed by atoms with E-state index in [2.05, 4.69) is 0 Å². The zero-order valence-electron chi connectivity index (χ0n) is 14.0. The fraction of sp³-hybridized carbons (Fsp3) is 0.316. The molecular formula is C19H22O3S. The summed E-state index contributed by atoms with van der Waals surface area (Å²) in [6, 6.07) is 9.48. The van der Waals surface area contributed by atoms with Crippen LogP contribution in [0.2, 0.25) is 0 Å². The summed E-state index contributed by atoms with van der Waals surface area (Å²) >= 11 is 1.59. The summed E-state index contributed by atoms with van der Waals surface area (Å²) in [5, 5.41) is 11.3. The van der Waals surface area contributed by atoms with E-state index in [0.717, 1.165) is 33.6 Å². The van der Waals surface area contributed by atoms with Gasteiger partial charge in [0.1, 0.15) is 5.75 Å². The van der Waals surface area contributed by atoms with Crippen LogP contribution >= 0.6 is 11.3 Å². The first-order valence-corrected chi connectivity index (χ1v) is 8.55. The van der Waals surface area contributed by atoms with Gasteiger partial charge < -0.3 is 9.84 Å². The summed E-state index contributed by atoms with van der Waals surface area (Å²) in [5.74, 6) is 0.224. The van der Waals surface area contributed by atoms with E-state index < -0.39 is 0 Å². The summed E-state index contributed by atoms with van der Waals surface area (Å²) in [7, 11) is 0. The Morgan fingerprint density at radius 3 is 2.35 bits per heavy atom. The van der Waals surface area contributed by atoms with Crippen molar-refractivity contribution in [2.75, 3.05) is 13.2 Å². The van der Waals surface area contributed by atoms with Crippen molar-refractivity contribution < 1.29 is 9.84 Å². The third-order valence-corrected chi connectivity index (χ3v) is 4.80. The van der Waals surface area contributed by atoms with Crippen LogP contribution < -0.4 is 5.43 Å². The normalized spacial score (nSPS) is 10.6. The maximum Gasteiger partial charge on any atom is 0.196 e. The van der Waals surface area contributed by atoms with Crippen LogP contribution in [0.15, 0.2) is 35.1 Å². The number of fused-ring (bicyclic) bond motifs is 2. The van der Waals surface area contributed by atoms with Gasteiger partial charge in [0, 0.05) is 38.9 Å². The van der Waals surface area contributed by atoms with Crippen LogP contribution in [0, 0.1) is 13.8 Å². The molecule has 0 radical (unpaired) electrons. The van der Waals surface area contributed by atoms with Crippen LogP contribution in [0.25, 0.3) is 20.2 Å². The second-order valence-corrected chi connectivity index (χ2v) is 6.33. The zero-order valence-corrected chi connectivity index (χ0v) is 14.8. The molecule has 0 atom stereocenters. The molecule has 0 aliphatic carbocycles. The molecule has 0 aliphatic heterocycles. The minimum atomic E-state index is 0.00662. The maximum absolute atomic E-state index is 12.5. The molecule has 1 N–H and O–H groups in total. The van der Waals surface area contributed by atoms with E-state index >= 15 is 0 Å². The molecule has 3 nitrogen and oxygen atoms in total. The number of aryl methyl sites for hydroxylation is 2. The Morgan fingerprint density at radius 1 is 1.09 bits per heavy atom. The van der Waals surface area contributed by atoms with E-state index in [0.29, 0.717) is 10.9 Å². The van der Waals surface area contributed by atoms with Gasteiger partial charge in [-0.3, -0.25) is 4.79 Å². The predicted molar refractivity (Wildman–Crippen MR) is 98.9 cm³/mol. The van der Waals surface area contributed by atoms with Crippen LogP contribution in [-0.2, 0) is 4.74 Å². The quantitative estimate of drug-likeness (QED) is 0.688. The molecule has 4 heteroatoms. The van der Waals surface area contributed by atoms with Gasteiger partial charge in [-0.05, 0) is 51.5 Å². The van der Waals surface area contributed by atoms with Crippen molar-refractivity contribution in [2.45, 2.75) is 27.7 Å². The van der Waals surface area contributed by atoms with E-state index in [1.807, 2.05) is 51.1 Å². The monoisotopic (exact) mass is 330 g/mol. The van der Waals surface area contributed by atoms with Gasteiger partial charge in [-0.2, -0.15) is 0 Å². The van der Waals surface area contributed by atoms with Gasteiger partial charge in [0.25, 0.3) is 0 Å². The highest BCUT2D eigenvalue weighted by molar-refractivity contribution is 7.24. The average Bonchev–Trinajstić information content (AvgIpc) is 2.54. The molecule has 0 aliphatic rings. The molecule has 122 valence electrons. The third-order valence-electron chi connectivity index (χ3n) is 3.68. The SMILES string of the molecule is CCOCC.Cc1cc2sc3ccccc3c(=O)c2c(C)c1O. The first-order valence-electron chi connectivity index (χ1n) is 7.73. The minimum Gasteiger partial charge on any atom is -0.507 e. The average molecular weight is 330 g/mol. The molecule has 0 saturated heterocycles. The molecule has 3 aromatic rings. The maximum atomic E-state index is 12.5. The number of hydrogen-bond donors (Lipinski definition) is 1. The lowest BCUT2D eigenvalue weighted by Crippen LogP contribution is -2.03. The van der Waals surface area contributed by atoms with Crippen molar-refractivity contribution in [3.8, 4) is 5.75 Å². The van der Waals surface area contributed by atoms with Gasteiger partial charge in [0.05, 0.1) is 0 Å². The molecule has 0 saturated carbocycles. The van der Waals surface area contributed by atoms with Gasteiger partial charge in [-0.15, -0.1) is 11.3 Å². The van der Waals surface area contributed by atoms with E-state index in [4.69, 9.17) is 4.74 Å². The fourth-order valence-corrected chi connectivity index (χ4v) is 3.74. The second kappa shape index (κ2) is 7.57. The van der Waals surface area contributed by atoms with Crippen molar-refractivity contribution in [1.29, 1.82) is 0 Å². The Kier molecular flexibility index (Phi) is 5.74. The Hall–Kier alpha value is -1.91. The number of ether oxygens (including phenoxy) is 1. The number of rotatable bonds is 2. The van der Waals surface area contributed by atoms with Crippen molar-refractivity contribution in [3.05, 3.63) is 51.7 Å². The largest absolute Gasteiger partial charge is 0.507 e. The van der Waals surface area contributed by atoms with Crippen molar-refractivity contribution in [1.82, 2.24) is 0 Å². The molecule has 0 unspecified atom stereocenters. The Labute approximate surface area is 140 Å². The standard InChI is InChI=1S/C15H12O2S.C4H10O/c1-8-7-12-13(9(2)14(8)16)15(17)10-5-3-4-6-11(10)18-12;1-3-5-4-2/h3-7,16H,1-2H3;3-4H2,1-2H3. The van der Waals surface area contributed by atoms with Crippen molar-refractivity contribution in [2.24, 2.45) is 0 Å². The summed E-state index contributed by atoms with van der Waals surface area (Å²) in [6.07, 6.45) is 0. The van der Waals surface area contributed by atoms with Crippen molar-refractivity contribution in [3.63, 3.8) is 0 Å². The lowest BCUT2D eigenvalue weighted by Gasteiger charge is -2.08. The van der Waals surface area contributed by atoms with E-state index in [1.165, 1.54) is 0 Å². The second-order valence-electron chi connectivity index (χ2n) is 5.25. The van der Waals surface area contributed by atoms with E-state index in [-0.39, 0.29) is 11.2 Å². The van der Waals surface area contributed by atoms with Crippen LogP contribution in [0.3, 0.4) is 0 Å². The number of benzene rings is 2. The topological polar surface area (TPSA) is 46.5 Å². The molecule has 0 bridgehead atoms. The smallest absolute Gasteiger partial charge is 0.196 e. The van der Waals surface area contributed by atoms with Gasteiger partial charge in [-0.25, -0.2) is 0 Å². The van der Waals surface area contributed by atoms with Crippen LogP contribution in [0.1, 0.15) is 25.0 Å². The van der Waals surface area contributed by atoms with Gasteiger partial charge >= 0.3 is 0 Å². The molecule has 0 spiro atoms. The van der Waals surface area contributed by atoms with Crippen molar-refractivity contribution >= 4 is 31.5 Å².